The molecule has 0 N–H and O–H groups in total. The molecule has 0 unspecified atom stereocenters. The van der Waals surface area contributed by atoms with Crippen molar-refractivity contribution in [2.45, 2.75) is 6.92 Å². The van der Waals surface area contributed by atoms with E-state index >= 15 is 0 Å². The first kappa shape index (κ1) is 15.6. The largest absolute Gasteiger partial charge is 0.368 e. The minimum Gasteiger partial charge on any atom is -0.368 e. The number of hydrogen-bond acceptors (Lipinski definition) is 3. The third-order valence-electron chi connectivity index (χ3n) is 4.89. The summed E-state index contributed by atoms with van der Waals surface area (Å²) in [6.45, 7) is 5.31. The molecule has 3 aromatic rings. The predicted octanol–water partition coefficient (Wildman–Crippen LogP) is 3.51. The molecule has 1 aliphatic rings. The Morgan fingerprint density at radius 3 is 2.48 bits per heavy atom. The number of nitrogens with zero attached hydrogens (tertiary/aromatic N) is 3. The van der Waals surface area contributed by atoms with Crippen LogP contribution in [0.15, 0.2) is 60.8 Å². The van der Waals surface area contributed by atoms with Gasteiger partial charge in [-0.25, -0.2) is 0 Å². The highest BCUT2D eigenvalue weighted by atomic mass is 16.2. The van der Waals surface area contributed by atoms with Crippen LogP contribution in [0.3, 0.4) is 0 Å². The second kappa shape index (κ2) is 6.55. The van der Waals surface area contributed by atoms with Crippen LogP contribution in [0.1, 0.15) is 15.9 Å². The summed E-state index contributed by atoms with van der Waals surface area (Å²) < 4.78 is 0. The van der Waals surface area contributed by atoms with Crippen LogP contribution in [0.2, 0.25) is 0 Å². The molecule has 0 aliphatic carbocycles. The highest BCUT2D eigenvalue weighted by Crippen LogP contribution is 2.22. The third kappa shape index (κ3) is 2.95. The van der Waals surface area contributed by atoms with Gasteiger partial charge in [0, 0.05) is 43.4 Å². The zero-order valence-corrected chi connectivity index (χ0v) is 14.4. The van der Waals surface area contributed by atoms with Gasteiger partial charge in [0.25, 0.3) is 5.91 Å². The first-order valence-corrected chi connectivity index (χ1v) is 8.67. The Kier molecular flexibility index (Phi) is 4.10. The van der Waals surface area contributed by atoms with E-state index in [1.54, 1.807) is 6.20 Å². The van der Waals surface area contributed by atoms with Gasteiger partial charge in [-0.1, -0.05) is 36.4 Å². The molecule has 1 fully saturated rings. The van der Waals surface area contributed by atoms with E-state index in [4.69, 9.17) is 0 Å². The van der Waals surface area contributed by atoms with Crippen LogP contribution in [0.4, 0.5) is 5.69 Å². The highest BCUT2D eigenvalue weighted by Gasteiger charge is 2.24. The molecule has 0 saturated carbocycles. The minimum atomic E-state index is 0.0775. The lowest BCUT2D eigenvalue weighted by molar-refractivity contribution is 0.0748. The lowest BCUT2D eigenvalue weighted by Crippen LogP contribution is -2.49. The van der Waals surface area contributed by atoms with E-state index in [0.29, 0.717) is 5.56 Å². The zero-order valence-electron chi connectivity index (χ0n) is 14.4. The summed E-state index contributed by atoms with van der Waals surface area (Å²) in [6.07, 6.45) is 1.75. The maximum absolute atomic E-state index is 13.0. The van der Waals surface area contributed by atoms with Gasteiger partial charge in [0.2, 0.25) is 0 Å². The molecule has 4 nitrogen and oxygen atoms in total. The molecular formula is C21H21N3O. The van der Waals surface area contributed by atoms with Crippen LogP contribution < -0.4 is 4.90 Å². The predicted molar refractivity (Wildman–Crippen MR) is 101 cm³/mol. The van der Waals surface area contributed by atoms with E-state index in [1.165, 1.54) is 11.3 Å². The lowest BCUT2D eigenvalue weighted by atomic mass is 10.1. The van der Waals surface area contributed by atoms with Crippen LogP contribution in [-0.4, -0.2) is 42.0 Å². The van der Waals surface area contributed by atoms with Crippen molar-refractivity contribution in [3.63, 3.8) is 0 Å². The number of pyridine rings is 1. The molecule has 2 aromatic carbocycles. The number of anilines is 1. The molecule has 2 heterocycles. The van der Waals surface area contributed by atoms with Gasteiger partial charge in [-0.2, -0.15) is 0 Å². The van der Waals surface area contributed by atoms with E-state index in [-0.39, 0.29) is 5.91 Å². The maximum atomic E-state index is 13.0. The summed E-state index contributed by atoms with van der Waals surface area (Å²) >= 11 is 0. The quantitative estimate of drug-likeness (QED) is 0.721. The first-order valence-electron chi connectivity index (χ1n) is 8.67. The highest BCUT2D eigenvalue weighted by molar-refractivity contribution is 6.05. The van der Waals surface area contributed by atoms with Crippen LogP contribution in [0.5, 0.6) is 0 Å². The second-order valence-corrected chi connectivity index (χ2v) is 6.45. The standard InChI is InChI=1S/C21H21N3O/c1-16-6-2-3-10-19(16)23-12-14-24(15-13-23)21(25)18-9-4-7-17-8-5-11-22-20(17)18/h2-11H,12-15H2,1H3. The lowest BCUT2D eigenvalue weighted by Gasteiger charge is -2.37. The molecule has 0 spiro atoms. The minimum absolute atomic E-state index is 0.0775. The Bertz CT molecular complexity index is 908. The van der Waals surface area contributed by atoms with Gasteiger partial charge in [-0.15, -0.1) is 0 Å². The van der Waals surface area contributed by atoms with Crippen LogP contribution >= 0.6 is 0 Å². The van der Waals surface area contributed by atoms with Gasteiger partial charge in [0.05, 0.1) is 11.1 Å². The van der Waals surface area contributed by atoms with Gasteiger partial charge < -0.3 is 9.80 Å². The zero-order chi connectivity index (χ0) is 17.2. The molecule has 0 bridgehead atoms. The smallest absolute Gasteiger partial charge is 0.256 e. The Hall–Kier alpha value is -2.88. The number of carbonyl (C=O) groups is 1. The van der Waals surface area contributed by atoms with Crippen molar-refractivity contribution in [2.24, 2.45) is 0 Å². The van der Waals surface area contributed by atoms with Crippen molar-refractivity contribution < 1.29 is 4.79 Å². The van der Waals surface area contributed by atoms with E-state index < -0.39 is 0 Å². The number of benzene rings is 2. The number of fused-ring (bicyclic) bond motifs is 1. The van der Waals surface area contributed by atoms with Gasteiger partial charge in [0.15, 0.2) is 0 Å². The Morgan fingerprint density at radius 1 is 0.920 bits per heavy atom. The van der Waals surface area contributed by atoms with Crippen LogP contribution in [-0.2, 0) is 0 Å². The Balaban J connectivity index is 1.52. The van der Waals surface area contributed by atoms with E-state index in [0.717, 1.165) is 37.1 Å². The molecule has 4 rings (SSSR count). The summed E-state index contributed by atoms with van der Waals surface area (Å²) in [5, 5.41) is 1.01. The number of amides is 1. The van der Waals surface area contributed by atoms with E-state index in [1.807, 2.05) is 35.2 Å². The van der Waals surface area contributed by atoms with Crippen molar-refractivity contribution in [3.8, 4) is 0 Å². The average Bonchev–Trinajstić information content (AvgIpc) is 2.67. The number of rotatable bonds is 2. The van der Waals surface area contributed by atoms with E-state index in [2.05, 4.69) is 41.1 Å². The number of aryl methyl sites for hydroxylation is 1. The van der Waals surface area contributed by atoms with Crippen molar-refractivity contribution in [3.05, 3.63) is 71.9 Å². The maximum Gasteiger partial charge on any atom is 0.256 e. The molecule has 1 aliphatic heterocycles. The summed E-state index contributed by atoms with van der Waals surface area (Å²) in [5.74, 6) is 0.0775. The SMILES string of the molecule is Cc1ccccc1N1CCN(C(=O)c2cccc3cccnc23)CC1. The van der Waals surface area contributed by atoms with Crippen molar-refractivity contribution in [2.75, 3.05) is 31.1 Å². The molecule has 0 radical (unpaired) electrons. The summed E-state index contributed by atoms with van der Waals surface area (Å²) in [4.78, 5) is 21.7. The fourth-order valence-corrected chi connectivity index (χ4v) is 3.52. The van der Waals surface area contributed by atoms with Gasteiger partial charge in [-0.3, -0.25) is 9.78 Å². The van der Waals surface area contributed by atoms with Gasteiger partial charge in [-0.05, 0) is 30.7 Å². The van der Waals surface area contributed by atoms with Crippen LogP contribution in [0.25, 0.3) is 10.9 Å². The van der Waals surface area contributed by atoms with Crippen molar-refractivity contribution >= 4 is 22.5 Å². The van der Waals surface area contributed by atoms with Gasteiger partial charge >= 0.3 is 0 Å². The topological polar surface area (TPSA) is 36.4 Å². The molecule has 4 heteroatoms. The van der Waals surface area contributed by atoms with Crippen molar-refractivity contribution in [1.29, 1.82) is 0 Å². The second-order valence-electron chi connectivity index (χ2n) is 6.45. The molecule has 25 heavy (non-hydrogen) atoms. The first-order chi connectivity index (χ1) is 12.2. The monoisotopic (exact) mass is 331 g/mol. The molecule has 1 saturated heterocycles. The molecule has 126 valence electrons. The number of aromatic nitrogens is 1. The number of hydrogen-bond donors (Lipinski definition) is 0. The summed E-state index contributed by atoms with van der Waals surface area (Å²) in [5.41, 5.74) is 4.03. The Morgan fingerprint density at radius 2 is 1.68 bits per heavy atom. The molecule has 0 atom stereocenters. The van der Waals surface area contributed by atoms with Crippen molar-refractivity contribution in [1.82, 2.24) is 9.88 Å². The normalized spacial score (nSPS) is 14.8. The third-order valence-corrected chi connectivity index (χ3v) is 4.89. The number of para-hydroxylation sites is 2. The fourth-order valence-electron chi connectivity index (χ4n) is 3.52. The van der Waals surface area contributed by atoms with Crippen LogP contribution in [0, 0.1) is 6.92 Å². The van der Waals surface area contributed by atoms with E-state index in [9.17, 15) is 4.79 Å². The summed E-state index contributed by atoms with van der Waals surface area (Å²) in [6, 6.07) is 18.1. The molecule has 1 aromatic heterocycles. The molecular weight excluding hydrogens is 310 g/mol. The average molecular weight is 331 g/mol. The Labute approximate surface area is 147 Å². The number of piperazine rings is 1. The fraction of sp³-hybridized carbons (Fsp3) is 0.238. The summed E-state index contributed by atoms with van der Waals surface area (Å²) in [7, 11) is 0. The molecule has 1 amide bonds. The number of carbonyl (C=O) groups excluding carboxylic acids is 1. The van der Waals surface area contributed by atoms with Gasteiger partial charge in [0.1, 0.15) is 0 Å².